The Hall–Kier alpha value is -1.95. The largest absolute Gasteiger partial charge is 0.298 e. The molecule has 0 N–H and O–H groups in total. The number of halogens is 1. The van der Waals surface area contributed by atoms with Crippen LogP contribution in [0.4, 0.5) is 5.69 Å². The summed E-state index contributed by atoms with van der Waals surface area (Å²) in [7, 11) is 0. The fraction of sp³-hybridized carbons (Fsp3) is 0.400. The van der Waals surface area contributed by atoms with Crippen LogP contribution >= 0.6 is 11.6 Å². The van der Waals surface area contributed by atoms with E-state index in [9.17, 15) is 10.1 Å². The fourth-order valence-corrected chi connectivity index (χ4v) is 3.59. The Morgan fingerprint density at radius 2 is 1.65 bits per heavy atom. The molecule has 0 spiro atoms. The molecule has 1 saturated heterocycles. The van der Waals surface area contributed by atoms with Gasteiger partial charge >= 0.3 is 0 Å². The average molecular weight is 374 g/mol. The number of hydrogen-bond acceptors (Lipinski definition) is 4. The van der Waals surface area contributed by atoms with Crippen molar-refractivity contribution in [2.45, 2.75) is 26.4 Å². The van der Waals surface area contributed by atoms with Crippen LogP contribution in [0.3, 0.4) is 0 Å². The standard InChI is InChI=1S/C20H24ClN3O2/c1-16-18(4-2-5-20(16)24(25)26)15-23-11-3-10-22(12-13-23)14-17-6-8-19(21)9-7-17/h2,4-9H,3,10-15H2,1H3. The van der Waals surface area contributed by atoms with Gasteiger partial charge in [-0.2, -0.15) is 0 Å². The maximum absolute atomic E-state index is 11.1. The van der Waals surface area contributed by atoms with Crippen LogP contribution in [0, 0.1) is 17.0 Å². The molecule has 0 atom stereocenters. The van der Waals surface area contributed by atoms with Crippen molar-refractivity contribution in [1.82, 2.24) is 9.80 Å². The zero-order valence-electron chi connectivity index (χ0n) is 15.0. The Kier molecular flexibility index (Phi) is 6.25. The number of nitro groups is 1. The van der Waals surface area contributed by atoms with Crippen LogP contribution in [0.15, 0.2) is 42.5 Å². The van der Waals surface area contributed by atoms with Gasteiger partial charge in [-0.05, 0) is 49.7 Å². The van der Waals surface area contributed by atoms with Crippen LogP contribution in [0.1, 0.15) is 23.1 Å². The van der Waals surface area contributed by atoms with Gasteiger partial charge in [-0.25, -0.2) is 0 Å². The molecule has 0 unspecified atom stereocenters. The number of nitro benzene ring substituents is 1. The second-order valence-corrected chi connectivity index (χ2v) is 7.29. The lowest BCUT2D eigenvalue weighted by Gasteiger charge is -2.22. The van der Waals surface area contributed by atoms with Crippen LogP contribution in [0.2, 0.25) is 5.02 Å². The van der Waals surface area contributed by atoms with Crippen molar-refractivity contribution in [1.29, 1.82) is 0 Å². The minimum absolute atomic E-state index is 0.210. The van der Waals surface area contributed by atoms with E-state index in [0.29, 0.717) is 0 Å². The lowest BCUT2D eigenvalue weighted by Crippen LogP contribution is -2.30. The van der Waals surface area contributed by atoms with E-state index in [4.69, 9.17) is 11.6 Å². The number of nitrogens with zero attached hydrogens (tertiary/aromatic N) is 3. The first-order valence-corrected chi connectivity index (χ1v) is 9.33. The second kappa shape index (κ2) is 8.62. The second-order valence-electron chi connectivity index (χ2n) is 6.85. The molecular weight excluding hydrogens is 350 g/mol. The molecule has 0 aliphatic carbocycles. The topological polar surface area (TPSA) is 49.6 Å². The molecule has 6 heteroatoms. The minimum Gasteiger partial charge on any atom is -0.298 e. The lowest BCUT2D eigenvalue weighted by atomic mass is 10.1. The quantitative estimate of drug-likeness (QED) is 0.580. The van der Waals surface area contributed by atoms with Crippen molar-refractivity contribution in [3.63, 3.8) is 0 Å². The third-order valence-electron chi connectivity index (χ3n) is 5.01. The van der Waals surface area contributed by atoms with Gasteiger partial charge in [0.05, 0.1) is 4.92 Å². The molecule has 1 heterocycles. The SMILES string of the molecule is Cc1c(CN2CCCN(Cc3ccc(Cl)cc3)CC2)cccc1[N+](=O)[O-]. The van der Waals surface area contributed by atoms with Crippen LogP contribution in [0.25, 0.3) is 0 Å². The van der Waals surface area contributed by atoms with Crippen molar-refractivity contribution < 1.29 is 4.92 Å². The van der Waals surface area contributed by atoms with E-state index in [1.165, 1.54) is 5.56 Å². The first-order chi connectivity index (χ1) is 12.5. The monoisotopic (exact) mass is 373 g/mol. The summed E-state index contributed by atoms with van der Waals surface area (Å²) in [5.41, 5.74) is 3.31. The molecule has 0 bridgehead atoms. The Morgan fingerprint density at radius 3 is 2.31 bits per heavy atom. The lowest BCUT2D eigenvalue weighted by molar-refractivity contribution is -0.385. The molecular formula is C20H24ClN3O2. The van der Waals surface area contributed by atoms with Crippen molar-refractivity contribution in [2.75, 3.05) is 26.2 Å². The molecule has 138 valence electrons. The summed E-state index contributed by atoms with van der Waals surface area (Å²) in [6.07, 6.45) is 1.10. The minimum atomic E-state index is -0.297. The molecule has 0 radical (unpaired) electrons. The summed E-state index contributed by atoms with van der Waals surface area (Å²) in [5.74, 6) is 0. The summed E-state index contributed by atoms with van der Waals surface area (Å²) in [6, 6.07) is 13.4. The van der Waals surface area contributed by atoms with Gasteiger partial charge in [0.15, 0.2) is 0 Å². The summed E-state index contributed by atoms with van der Waals surface area (Å²) < 4.78 is 0. The molecule has 2 aromatic carbocycles. The van der Waals surface area contributed by atoms with E-state index in [1.807, 2.05) is 25.1 Å². The highest BCUT2D eigenvalue weighted by molar-refractivity contribution is 6.30. The van der Waals surface area contributed by atoms with Crippen molar-refractivity contribution >= 4 is 17.3 Å². The maximum atomic E-state index is 11.1. The highest BCUT2D eigenvalue weighted by Gasteiger charge is 2.18. The highest BCUT2D eigenvalue weighted by Crippen LogP contribution is 2.23. The van der Waals surface area contributed by atoms with Crippen molar-refractivity contribution in [3.05, 3.63) is 74.3 Å². The van der Waals surface area contributed by atoms with E-state index < -0.39 is 0 Å². The van der Waals surface area contributed by atoms with Gasteiger partial charge in [0.2, 0.25) is 0 Å². The smallest absolute Gasteiger partial charge is 0.272 e. The molecule has 0 aromatic heterocycles. The summed E-state index contributed by atoms with van der Waals surface area (Å²) in [6.45, 7) is 7.58. The Balaban J connectivity index is 1.60. The van der Waals surface area contributed by atoms with Gasteiger partial charge in [0, 0.05) is 42.8 Å². The fourth-order valence-electron chi connectivity index (χ4n) is 3.47. The van der Waals surface area contributed by atoms with E-state index in [-0.39, 0.29) is 10.6 Å². The number of benzene rings is 2. The van der Waals surface area contributed by atoms with E-state index in [2.05, 4.69) is 21.9 Å². The Bertz CT molecular complexity index is 764. The van der Waals surface area contributed by atoms with Crippen LogP contribution < -0.4 is 0 Å². The third kappa shape index (κ3) is 4.81. The van der Waals surface area contributed by atoms with Crippen molar-refractivity contribution in [2.24, 2.45) is 0 Å². The molecule has 5 nitrogen and oxygen atoms in total. The molecule has 3 rings (SSSR count). The summed E-state index contributed by atoms with van der Waals surface area (Å²) in [5, 5.41) is 11.9. The highest BCUT2D eigenvalue weighted by atomic mass is 35.5. The van der Waals surface area contributed by atoms with E-state index in [0.717, 1.165) is 61.8 Å². The van der Waals surface area contributed by atoms with Gasteiger partial charge in [-0.15, -0.1) is 0 Å². The predicted molar refractivity (Wildman–Crippen MR) is 104 cm³/mol. The predicted octanol–water partition coefficient (Wildman–Crippen LogP) is 4.26. The van der Waals surface area contributed by atoms with Crippen LogP contribution in [-0.4, -0.2) is 40.9 Å². The van der Waals surface area contributed by atoms with Gasteiger partial charge in [0.25, 0.3) is 5.69 Å². The summed E-state index contributed by atoms with van der Waals surface area (Å²) in [4.78, 5) is 15.7. The molecule has 1 aliphatic rings. The normalized spacial score (nSPS) is 16.4. The van der Waals surface area contributed by atoms with Crippen LogP contribution in [0.5, 0.6) is 0 Å². The van der Waals surface area contributed by atoms with Crippen LogP contribution in [-0.2, 0) is 13.1 Å². The van der Waals surface area contributed by atoms with E-state index in [1.54, 1.807) is 12.1 Å². The van der Waals surface area contributed by atoms with Crippen molar-refractivity contribution in [3.8, 4) is 0 Å². The van der Waals surface area contributed by atoms with Gasteiger partial charge in [-0.3, -0.25) is 19.9 Å². The zero-order valence-corrected chi connectivity index (χ0v) is 15.8. The first-order valence-electron chi connectivity index (χ1n) is 8.95. The summed E-state index contributed by atoms with van der Waals surface area (Å²) >= 11 is 5.96. The Morgan fingerprint density at radius 1 is 1.00 bits per heavy atom. The maximum Gasteiger partial charge on any atom is 0.272 e. The average Bonchev–Trinajstić information content (AvgIpc) is 2.84. The third-order valence-corrected chi connectivity index (χ3v) is 5.26. The first kappa shape index (κ1) is 18.8. The zero-order chi connectivity index (χ0) is 18.5. The molecule has 0 amide bonds. The number of hydrogen-bond donors (Lipinski definition) is 0. The van der Waals surface area contributed by atoms with Gasteiger partial charge < -0.3 is 0 Å². The number of rotatable bonds is 5. The van der Waals surface area contributed by atoms with Gasteiger partial charge in [-0.1, -0.05) is 35.9 Å². The van der Waals surface area contributed by atoms with Gasteiger partial charge in [0.1, 0.15) is 0 Å². The molecule has 0 saturated carbocycles. The molecule has 26 heavy (non-hydrogen) atoms. The molecule has 1 aliphatic heterocycles. The molecule has 1 fully saturated rings. The van der Waals surface area contributed by atoms with E-state index >= 15 is 0 Å². The molecule has 2 aromatic rings. The Labute approximate surface area is 159 Å².